The number of β-amino-alcohol motifs (C(OH)–C–C–N with tert-alkyl or cyclic N) is 1. The number of aliphatic hydroxyl groups is 1. The molecular formula is C14H20N2O3S2. The molecular weight excluding hydrogens is 308 g/mol. The lowest BCUT2D eigenvalue weighted by molar-refractivity contribution is 0.0741. The van der Waals surface area contributed by atoms with E-state index in [4.69, 9.17) is 18.0 Å². The molecule has 0 amide bonds. The molecule has 0 aliphatic carbocycles. The minimum absolute atomic E-state index is 0.0478. The molecule has 0 saturated carbocycles. The molecule has 7 heteroatoms. The van der Waals surface area contributed by atoms with Crippen molar-refractivity contribution >= 4 is 27.0 Å². The summed E-state index contributed by atoms with van der Waals surface area (Å²) in [4.78, 5) is 2.52. The van der Waals surface area contributed by atoms with Gasteiger partial charge in [-0.25, -0.2) is 8.42 Å². The average molecular weight is 328 g/mol. The second-order valence-corrected chi connectivity index (χ2v) is 7.85. The van der Waals surface area contributed by atoms with Crippen LogP contribution >= 0.6 is 12.2 Å². The minimum Gasteiger partial charge on any atom is -0.392 e. The van der Waals surface area contributed by atoms with Gasteiger partial charge in [-0.2, -0.15) is 0 Å². The largest absolute Gasteiger partial charge is 0.392 e. The van der Waals surface area contributed by atoms with Gasteiger partial charge in [-0.1, -0.05) is 24.4 Å². The highest BCUT2D eigenvalue weighted by Crippen LogP contribution is 2.15. The Hall–Kier alpha value is -1.02. The van der Waals surface area contributed by atoms with Crippen LogP contribution in [0.25, 0.3) is 0 Å². The molecule has 2 rings (SSSR count). The zero-order chi connectivity index (χ0) is 15.5. The van der Waals surface area contributed by atoms with Gasteiger partial charge in [0.25, 0.3) is 0 Å². The van der Waals surface area contributed by atoms with Gasteiger partial charge in [0.2, 0.25) is 0 Å². The van der Waals surface area contributed by atoms with E-state index in [0.29, 0.717) is 18.7 Å². The molecule has 0 radical (unpaired) electrons. The Morgan fingerprint density at radius 2 is 2.05 bits per heavy atom. The molecule has 1 heterocycles. The number of nitrogens with zero attached hydrogens (tertiary/aromatic N) is 1. The molecule has 21 heavy (non-hydrogen) atoms. The maximum Gasteiger partial charge on any atom is 0.179 e. The van der Waals surface area contributed by atoms with Crippen molar-refractivity contribution in [3.05, 3.63) is 29.8 Å². The first-order valence-electron chi connectivity index (χ1n) is 6.91. The van der Waals surface area contributed by atoms with Crippen molar-refractivity contribution in [3.63, 3.8) is 0 Å². The molecule has 1 aromatic carbocycles. The fourth-order valence-corrected chi connectivity index (χ4v) is 3.85. The topological polar surface area (TPSA) is 83.6 Å². The fourth-order valence-electron chi connectivity index (χ4n) is 2.43. The van der Waals surface area contributed by atoms with Gasteiger partial charge in [-0.05, 0) is 31.5 Å². The Labute approximate surface area is 130 Å². The first-order valence-corrected chi connectivity index (χ1v) is 8.97. The van der Waals surface area contributed by atoms with Crippen molar-refractivity contribution in [3.8, 4) is 0 Å². The highest BCUT2D eigenvalue weighted by molar-refractivity contribution is 7.91. The summed E-state index contributed by atoms with van der Waals surface area (Å²) in [7, 11) is -3.33. The van der Waals surface area contributed by atoms with Crippen LogP contribution in [-0.4, -0.2) is 54.9 Å². The van der Waals surface area contributed by atoms with Gasteiger partial charge in [-0.15, -0.1) is 0 Å². The number of thiocarbonyl (C=S) groups is 1. The normalized spacial score (nSPS) is 20.3. The highest BCUT2D eigenvalue weighted by Gasteiger charge is 2.21. The zero-order valence-electron chi connectivity index (χ0n) is 11.7. The lowest BCUT2D eigenvalue weighted by Crippen LogP contribution is -2.40. The van der Waals surface area contributed by atoms with Crippen LogP contribution in [-0.2, 0) is 9.84 Å². The van der Waals surface area contributed by atoms with E-state index in [1.54, 1.807) is 12.1 Å². The fraction of sp³-hybridized carbons (Fsp3) is 0.500. The van der Waals surface area contributed by atoms with E-state index in [-0.39, 0.29) is 21.7 Å². The molecule has 1 unspecified atom stereocenters. The predicted molar refractivity (Wildman–Crippen MR) is 86.1 cm³/mol. The number of sulfone groups is 1. The van der Waals surface area contributed by atoms with Crippen molar-refractivity contribution in [1.82, 2.24) is 4.90 Å². The molecule has 1 atom stereocenters. The number of aliphatic hydroxyl groups excluding tert-OH is 1. The third-order valence-electron chi connectivity index (χ3n) is 3.65. The summed E-state index contributed by atoms with van der Waals surface area (Å²) in [6, 6.07) is 6.32. The van der Waals surface area contributed by atoms with E-state index in [1.165, 1.54) is 12.1 Å². The van der Waals surface area contributed by atoms with E-state index in [0.717, 1.165) is 19.4 Å². The summed E-state index contributed by atoms with van der Waals surface area (Å²) in [5, 5.41) is 9.59. The number of rotatable bonds is 5. The van der Waals surface area contributed by atoms with Crippen LogP contribution in [0, 0.1) is 0 Å². The zero-order valence-corrected chi connectivity index (χ0v) is 13.4. The highest BCUT2D eigenvalue weighted by atomic mass is 32.2. The Kier molecular flexibility index (Phi) is 5.32. The van der Waals surface area contributed by atoms with Crippen LogP contribution in [0.2, 0.25) is 0 Å². The number of piperidine rings is 1. The molecule has 0 bridgehead atoms. The number of hydrogen-bond acceptors (Lipinski definition) is 5. The first-order chi connectivity index (χ1) is 9.88. The van der Waals surface area contributed by atoms with Gasteiger partial charge in [0.05, 0.1) is 16.8 Å². The molecule has 1 aliphatic rings. The summed E-state index contributed by atoms with van der Waals surface area (Å²) < 4.78 is 24.6. The Morgan fingerprint density at radius 3 is 2.62 bits per heavy atom. The Bertz CT molecular complexity index is 599. The van der Waals surface area contributed by atoms with Gasteiger partial charge in [0.1, 0.15) is 4.99 Å². The van der Waals surface area contributed by atoms with Crippen LogP contribution < -0.4 is 5.73 Å². The van der Waals surface area contributed by atoms with E-state index >= 15 is 0 Å². The molecule has 116 valence electrons. The summed E-state index contributed by atoms with van der Waals surface area (Å²) >= 11 is 4.84. The second kappa shape index (κ2) is 6.83. The first kappa shape index (κ1) is 16.4. The summed E-state index contributed by atoms with van der Waals surface area (Å²) in [5.74, 6) is 0.0478. The van der Waals surface area contributed by atoms with Crippen molar-refractivity contribution in [2.24, 2.45) is 5.73 Å². The molecule has 1 aliphatic heterocycles. The average Bonchev–Trinajstić information content (AvgIpc) is 2.45. The Balaban J connectivity index is 1.99. The van der Waals surface area contributed by atoms with Crippen LogP contribution in [0.3, 0.4) is 0 Å². The van der Waals surface area contributed by atoms with Crippen LogP contribution in [0.5, 0.6) is 0 Å². The summed E-state index contributed by atoms with van der Waals surface area (Å²) in [5.41, 5.74) is 6.15. The van der Waals surface area contributed by atoms with Crippen LogP contribution in [0.4, 0.5) is 0 Å². The van der Waals surface area contributed by atoms with Crippen molar-refractivity contribution in [2.75, 3.05) is 25.4 Å². The van der Waals surface area contributed by atoms with E-state index < -0.39 is 9.84 Å². The van der Waals surface area contributed by atoms with Crippen LogP contribution in [0.15, 0.2) is 29.2 Å². The number of benzene rings is 1. The van der Waals surface area contributed by atoms with Gasteiger partial charge in [0.15, 0.2) is 9.84 Å². The predicted octanol–water partition coefficient (Wildman–Crippen LogP) is 0.551. The van der Waals surface area contributed by atoms with E-state index in [2.05, 4.69) is 0 Å². The SMILES string of the molecule is NC(=S)c1ccc(S(=O)(=O)CCN2CCCC(O)C2)cc1. The van der Waals surface area contributed by atoms with Crippen LogP contribution in [0.1, 0.15) is 18.4 Å². The van der Waals surface area contributed by atoms with E-state index in [9.17, 15) is 13.5 Å². The monoisotopic (exact) mass is 328 g/mol. The van der Waals surface area contributed by atoms with Gasteiger partial charge in [-0.3, -0.25) is 4.90 Å². The van der Waals surface area contributed by atoms with Gasteiger partial charge in [0, 0.05) is 18.7 Å². The van der Waals surface area contributed by atoms with E-state index in [1.807, 2.05) is 4.90 Å². The Morgan fingerprint density at radius 1 is 1.38 bits per heavy atom. The quantitative estimate of drug-likeness (QED) is 0.768. The molecule has 1 aromatic rings. The maximum absolute atomic E-state index is 12.3. The smallest absolute Gasteiger partial charge is 0.179 e. The molecule has 3 N–H and O–H groups in total. The third kappa shape index (κ3) is 4.47. The third-order valence-corrected chi connectivity index (χ3v) is 5.60. The molecule has 5 nitrogen and oxygen atoms in total. The minimum atomic E-state index is -3.33. The lowest BCUT2D eigenvalue weighted by atomic mass is 10.1. The number of nitrogens with two attached hydrogens (primary N) is 1. The molecule has 0 spiro atoms. The molecule has 0 aromatic heterocycles. The maximum atomic E-state index is 12.3. The molecule has 1 fully saturated rings. The summed E-state index contributed by atoms with van der Waals surface area (Å²) in [6.45, 7) is 1.83. The lowest BCUT2D eigenvalue weighted by Gasteiger charge is -2.29. The van der Waals surface area contributed by atoms with Crippen molar-refractivity contribution in [2.45, 2.75) is 23.8 Å². The van der Waals surface area contributed by atoms with Crippen molar-refractivity contribution < 1.29 is 13.5 Å². The summed E-state index contributed by atoms with van der Waals surface area (Å²) in [6.07, 6.45) is 1.36. The number of hydrogen-bond donors (Lipinski definition) is 2. The van der Waals surface area contributed by atoms with Gasteiger partial charge < -0.3 is 10.8 Å². The second-order valence-electron chi connectivity index (χ2n) is 5.30. The number of likely N-dealkylation sites (tertiary alicyclic amines) is 1. The van der Waals surface area contributed by atoms with Gasteiger partial charge >= 0.3 is 0 Å². The standard InChI is InChI=1S/C14H20N2O3S2/c15-14(20)11-3-5-13(6-4-11)21(18,19)9-8-16-7-1-2-12(17)10-16/h3-6,12,17H,1-2,7-10H2,(H2,15,20). The van der Waals surface area contributed by atoms with Crippen molar-refractivity contribution in [1.29, 1.82) is 0 Å². The molecule has 1 saturated heterocycles.